The molecule has 0 saturated heterocycles. The fraction of sp³-hybridized carbons (Fsp3) is 0.833. The van der Waals surface area contributed by atoms with E-state index in [9.17, 15) is 13.2 Å². The number of nitrogens with one attached hydrogen (secondary N) is 1. The van der Waals surface area contributed by atoms with Crippen LogP contribution in [0.25, 0.3) is 0 Å². The molecule has 0 atom stereocenters. The van der Waals surface area contributed by atoms with Crippen LogP contribution in [0.2, 0.25) is 0 Å². The molecule has 100 valence electrons. The minimum atomic E-state index is -4.14. The highest BCUT2D eigenvalue weighted by Gasteiger charge is 2.34. The van der Waals surface area contributed by atoms with Crippen molar-refractivity contribution in [3.63, 3.8) is 0 Å². The van der Waals surface area contributed by atoms with Gasteiger partial charge in [-0.25, -0.2) is 0 Å². The van der Waals surface area contributed by atoms with Crippen LogP contribution in [0, 0.1) is 5.92 Å². The molecular formula is C12H21F3N2. The number of rotatable bonds is 5. The zero-order valence-corrected chi connectivity index (χ0v) is 10.5. The van der Waals surface area contributed by atoms with Crippen molar-refractivity contribution in [1.29, 1.82) is 0 Å². The second-order valence-electron chi connectivity index (χ2n) is 4.88. The summed E-state index contributed by atoms with van der Waals surface area (Å²) in [4.78, 5) is 2.04. The maximum absolute atomic E-state index is 12.4. The Bertz CT molecular complexity index is 259. The van der Waals surface area contributed by atoms with Crippen LogP contribution in [0.4, 0.5) is 13.2 Å². The van der Waals surface area contributed by atoms with Crippen molar-refractivity contribution in [3.8, 4) is 0 Å². The normalized spacial score (nSPS) is 18.6. The molecule has 0 unspecified atom stereocenters. The van der Waals surface area contributed by atoms with Crippen molar-refractivity contribution >= 4 is 0 Å². The number of halogens is 3. The van der Waals surface area contributed by atoms with Gasteiger partial charge in [0.2, 0.25) is 0 Å². The van der Waals surface area contributed by atoms with E-state index in [0.29, 0.717) is 19.0 Å². The van der Waals surface area contributed by atoms with Crippen LogP contribution in [-0.4, -0.2) is 43.8 Å². The molecule has 0 aliphatic carbocycles. The molecule has 0 fully saturated rings. The minimum absolute atomic E-state index is 0.119. The quantitative estimate of drug-likeness (QED) is 0.595. The van der Waals surface area contributed by atoms with Gasteiger partial charge in [-0.2, -0.15) is 13.2 Å². The van der Waals surface area contributed by atoms with Crippen molar-refractivity contribution < 1.29 is 13.2 Å². The van der Waals surface area contributed by atoms with Gasteiger partial charge in [-0.15, -0.1) is 0 Å². The van der Waals surface area contributed by atoms with Gasteiger partial charge in [0.25, 0.3) is 0 Å². The lowest BCUT2D eigenvalue weighted by Gasteiger charge is -2.27. The third-order valence-electron chi connectivity index (χ3n) is 2.81. The van der Waals surface area contributed by atoms with E-state index in [-0.39, 0.29) is 12.0 Å². The highest BCUT2D eigenvalue weighted by Crippen LogP contribution is 2.29. The first-order valence-corrected chi connectivity index (χ1v) is 6.09. The highest BCUT2D eigenvalue weighted by molar-refractivity contribution is 5.12. The van der Waals surface area contributed by atoms with Gasteiger partial charge in [0.1, 0.15) is 0 Å². The van der Waals surface area contributed by atoms with Crippen molar-refractivity contribution in [1.82, 2.24) is 10.2 Å². The summed E-state index contributed by atoms with van der Waals surface area (Å²) < 4.78 is 37.1. The monoisotopic (exact) mass is 250 g/mol. The van der Waals surface area contributed by atoms with Crippen molar-refractivity contribution in [2.75, 3.05) is 32.7 Å². The predicted octanol–water partition coefficient (Wildman–Crippen LogP) is 2.43. The topological polar surface area (TPSA) is 15.3 Å². The Morgan fingerprint density at radius 1 is 1.41 bits per heavy atom. The molecule has 0 aromatic rings. The van der Waals surface area contributed by atoms with Crippen LogP contribution in [0.1, 0.15) is 20.3 Å². The van der Waals surface area contributed by atoms with Crippen molar-refractivity contribution in [2.24, 2.45) is 5.92 Å². The molecule has 0 saturated carbocycles. The summed E-state index contributed by atoms with van der Waals surface area (Å²) in [7, 11) is 0. The number of alkyl halides is 3. The third-order valence-corrected chi connectivity index (χ3v) is 2.81. The summed E-state index contributed by atoms with van der Waals surface area (Å²) in [6.07, 6.45) is -2.71. The van der Waals surface area contributed by atoms with E-state index in [1.165, 1.54) is 6.08 Å². The molecule has 0 amide bonds. The Kier molecular flexibility index (Phi) is 5.46. The fourth-order valence-corrected chi connectivity index (χ4v) is 1.80. The molecule has 0 bridgehead atoms. The van der Waals surface area contributed by atoms with E-state index in [0.717, 1.165) is 19.6 Å². The molecule has 1 aliphatic heterocycles. The van der Waals surface area contributed by atoms with E-state index in [4.69, 9.17) is 0 Å². The first-order chi connectivity index (χ1) is 7.89. The zero-order valence-electron chi connectivity index (χ0n) is 10.5. The zero-order chi connectivity index (χ0) is 12.9. The average molecular weight is 250 g/mol. The molecule has 1 N–H and O–H groups in total. The molecule has 1 aliphatic rings. The van der Waals surface area contributed by atoms with E-state index >= 15 is 0 Å². The van der Waals surface area contributed by atoms with Gasteiger partial charge in [-0.05, 0) is 18.9 Å². The van der Waals surface area contributed by atoms with Gasteiger partial charge in [-0.1, -0.05) is 19.9 Å². The third kappa shape index (κ3) is 5.55. The second-order valence-corrected chi connectivity index (χ2v) is 4.88. The van der Waals surface area contributed by atoms with Gasteiger partial charge in [0.05, 0.1) is 0 Å². The average Bonchev–Trinajstić information content (AvgIpc) is 2.23. The number of hydrogen-bond donors (Lipinski definition) is 1. The Morgan fingerprint density at radius 2 is 2.12 bits per heavy atom. The largest absolute Gasteiger partial charge is 0.412 e. The van der Waals surface area contributed by atoms with E-state index < -0.39 is 6.18 Å². The summed E-state index contributed by atoms with van der Waals surface area (Å²) in [6.45, 7) is 7.80. The summed E-state index contributed by atoms with van der Waals surface area (Å²) in [5.74, 6) is 0.605. The fourth-order valence-electron chi connectivity index (χ4n) is 1.80. The van der Waals surface area contributed by atoms with Crippen LogP contribution in [-0.2, 0) is 0 Å². The van der Waals surface area contributed by atoms with E-state index in [1.807, 2.05) is 4.90 Å². The molecule has 0 aromatic carbocycles. The lowest BCUT2D eigenvalue weighted by Crippen LogP contribution is -2.37. The van der Waals surface area contributed by atoms with Crippen LogP contribution in [0.15, 0.2) is 11.6 Å². The Labute approximate surface area is 101 Å². The summed E-state index contributed by atoms with van der Waals surface area (Å²) in [5, 5.41) is 3.29. The molecule has 2 nitrogen and oxygen atoms in total. The van der Waals surface area contributed by atoms with Gasteiger partial charge in [0.15, 0.2) is 0 Å². The molecule has 0 aromatic heterocycles. The molecule has 0 radical (unpaired) electrons. The first-order valence-electron chi connectivity index (χ1n) is 6.09. The van der Waals surface area contributed by atoms with Crippen LogP contribution >= 0.6 is 0 Å². The highest BCUT2D eigenvalue weighted by atomic mass is 19.4. The predicted molar refractivity (Wildman–Crippen MR) is 62.9 cm³/mol. The number of hydrogen-bond acceptors (Lipinski definition) is 2. The lowest BCUT2D eigenvalue weighted by molar-refractivity contribution is -0.0959. The minimum Gasteiger partial charge on any atom is -0.315 e. The summed E-state index contributed by atoms with van der Waals surface area (Å²) in [6, 6.07) is 0. The van der Waals surface area contributed by atoms with Crippen molar-refractivity contribution in [2.45, 2.75) is 26.4 Å². The molecular weight excluding hydrogens is 229 g/mol. The molecule has 5 heteroatoms. The first kappa shape index (κ1) is 14.5. The lowest BCUT2D eigenvalue weighted by atomic mass is 10.1. The van der Waals surface area contributed by atoms with Crippen LogP contribution in [0.3, 0.4) is 0 Å². The van der Waals surface area contributed by atoms with Gasteiger partial charge < -0.3 is 5.32 Å². The summed E-state index contributed by atoms with van der Waals surface area (Å²) >= 11 is 0. The maximum Gasteiger partial charge on any atom is 0.412 e. The Hall–Kier alpha value is -0.550. The molecule has 17 heavy (non-hydrogen) atoms. The summed E-state index contributed by atoms with van der Waals surface area (Å²) in [5.41, 5.74) is -0.371. The smallest absolute Gasteiger partial charge is 0.315 e. The van der Waals surface area contributed by atoms with E-state index in [1.54, 1.807) is 0 Å². The molecule has 0 spiro atoms. The van der Waals surface area contributed by atoms with Crippen LogP contribution in [0.5, 0.6) is 0 Å². The van der Waals surface area contributed by atoms with Gasteiger partial charge in [-0.3, -0.25) is 4.90 Å². The molecule has 1 rings (SSSR count). The standard InChI is InChI=1S/C12H21F3N2/c1-10(2)9-16-5-8-17-6-3-11(4-7-17)12(13,14)15/h3,10,16H,4-9H2,1-2H3. The SMILES string of the molecule is CC(C)CNCCN1CC=C(C(F)(F)F)CC1. The van der Waals surface area contributed by atoms with Gasteiger partial charge in [0, 0.05) is 31.8 Å². The Balaban J connectivity index is 2.21. The van der Waals surface area contributed by atoms with Gasteiger partial charge >= 0.3 is 6.18 Å². The second kappa shape index (κ2) is 6.40. The van der Waals surface area contributed by atoms with Crippen LogP contribution < -0.4 is 5.32 Å². The van der Waals surface area contributed by atoms with E-state index in [2.05, 4.69) is 19.2 Å². The maximum atomic E-state index is 12.4. The van der Waals surface area contributed by atoms with Crippen molar-refractivity contribution in [3.05, 3.63) is 11.6 Å². The Morgan fingerprint density at radius 3 is 2.59 bits per heavy atom. The molecule has 1 heterocycles. The number of nitrogens with zero attached hydrogens (tertiary/aromatic N) is 1.